The second kappa shape index (κ2) is 5.28. The van der Waals surface area contributed by atoms with Crippen LogP contribution in [0.1, 0.15) is 0 Å². The number of nitrogens with one attached hydrogen (secondary N) is 1. The number of hydrogen-bond acceptors (Lipinski definition) is 6. The van der Waals surface area contributed by atoms with Crippen molar-refractivity contribution in [2.45, 2.75) is 0 Å². The number of rotatable bonds is 4. The highest BCUT2D eigenvalue weighted by atomic mass is 16.5. The van der Waals surface area contributed by atoms with Gasteiger partial charge in [0, 0.05) is 0 Å². The molecular weight excluding hydrogens is 272 g/mol. The Labute approximate surface area is 120 Å². The SMILES string of the molecule is COc1ccc(-c2nc3ncncc3[nH]2)c(OC)c1OC. The molecule has 7 heteroatoms. The summed E-state index contributed by atoms with van der Waals surface area (Å²) in [5.74, 6) is 2.28. The second-order valence-corrected chi connectivity index (χ2v) is 4.23. The monoisotopic (exact) mass is 286 g/mol. The van der Waals surface area contributed by atoms with Gasteiger partial charge in [0.05, 0.1) is 33.1 Å². The van der Waals surface area contributed by atoms with Crippen LogP contribution in [0.15, 0.2) is 24.7 Å². The molecule has 21 heavy (non-hydrogen) atoms. The highest BCUT2D eigenvalue weighted by molar-refractivity contribution is 5.79. The molecule has 0 spiro atoms. The fraction of sp³-hybridized carbons (Fsp3) is 0.214. The van der Waals surface area contributed by atoms with Gasteiger partial charge in [0.2, 0.25) is 5.75 Å². The van der Waals surface area contributed by atoms with E-state index in [2.05, 4.69) is 19.9 Å². The first kappa shape index (κ1) is 13.2. The van der Waals surface area contributed by atoms with E-state index in [9.17, 15) is 0 Å². The molecule has 3 aromatic rings. The Morgan fingerprint density at radius 2 is 1.81 bits per heavy atom. The minimum absolute atomic E-state index is 0.518. The zero-order chi connectivity index (χ0) is 14.8. The average molecular weight is 286 g/mol. The molecule has 7 nitrogen and oxygen atoms in total. The van der Waals surface area contributed by atoms with Crippen molar-refractivity contribution in [2.75, 3.05) is 21.3 Å². The molecule has 0 fully saturated rings. The van der Waals surface area contributed by atoms with E-state index in [4.69, 9.17) is 14.2 Å². The van der Waals surface area contributed by atoms with Gasteiger partial charge in [-0.3, -0.25) is 0 Å². The Kier molecular flexibility index (Phi) is 3.31. The van der Waals surface area contributed by atoms with Crippen LogP contribution in [0.2, 0.25) is 0 Å². The second-order valence-electron chi connectivity index (χ2n) is 4.23. The van der Waals surface area contributed by atoms with Crippen LogP contribution in [0, 0.1) is 0 Å². The normalized spacial score (nSPS) is 10.6. The van der Waals surface area contributed by atoms with E-state index in [1.807, 2.05) is 6.07 Å². The molecule has 0 aliphatic carbocycles. The number of benzene rings is 1. The lowest BCUT2D eigenvalue weighted by Crippen LogP contribution is -1.97. The van der Waals surface area contributed by atoms with E-state index >= 15 is 0 Å². The number of imidazole rings is 1. The number of nitrogens with zero attached hydrogens (tertiary/aromatic N) is 3. The third-order valence-electron chi connectivity index (χ3n) is 3.12. The lowest BCUT2D eigenvalue weighted by Gasteiger charge is -2.14. The quantitative estimate of drug-likeness (QED) is 0.790. The van der Waals surface area contributed by atoms with Crippen molar-refractivity contribution < 1.29 is 14.2 Å². The summed E-state index contributed by atoms with van der Waals surface area (Å²) >= 11 is 0. The fourth-order valence-electron chi connectivity index (χ4n) is 2.18. The first-order valence-electron chi connectivity index (χ1n) is 6.23. The summed E-state index contributed by atoms with van der Waals surface area (Å²) in [5, 5.41) is 0. The largest absolute Gasteiger partial charge is 0.493 e. The Bertz CT molecular complexity index is 752. The maximum Gasteiger partial charge on any atom is 0.204 e. The van der Waals surface area contributed by atoms with Crippen LogP contribution in [-0.2, 0) is 0 Å². The van der Waals surface area contributed by atoms with Crippen molar-refractivity contribution >= 4 is 11.2 Å². The summed E-state index contributed by atoms with van der Waals surface area (Å²) < 4.78 is 16.1. The minimum Gasteiger partial charge on any atom is -0.493 e. The van der Waals surface area contributed by atoms with Crippen LogP contribution in [-0.4, -0.2) is 41.3 Å². The van der Waals surface area contributed by atoms with Gasteiger partial charge in [0.25, 0.3) is 0 Å². The molecule has 0 radical (unpaired) electrons. The molecule has 1 N–H and O–H groups in total. The zero-order valence-electron chi connectivity index (χ0n) is 11.9. The van der Waals surface area contributed by atoms with Gasteiger partial charge >= 0.3 is 0 Å². The lowest BCUT2D eigenvalue weighted by molar-refractivity contribution is 0.325. The molecule has 0 aliphatic heterocycles. The van der Waals surface area contributed by atoms with E-state index in [0.717, 1.165) is 11.1 Å². The van der Waals surface area contributed by atoms with Crippen LogP contribution >= 0.6 is 0 Å². The van der Waals surface area contributed by atoms with Crippen LogP contribution < -0.4 is 14.2 Å². The van der Waals surface area contributed by atoms with Crippen molar-refractivity contribution in [1.82, 2.24) is 19.9 Å². The molecular formula is C14H14N4O3. The third-order valence-corrected chi connectivity index (χ3v) is 3.12. The Hall–Kier alpha value is -2.83. The molecule has 2 aromatic heterocycles. The highest BCUT2D eigenvalue weighted by Crippen LogP contribution is 2.43. The highest BCUT2D eigenvalue weighted by Gasteiger charge is 2.19. The standard InChI is InChI=1S/C14H14N4O3/c1-19-10-5-4-8(11(20-2)12(10)21-3)13-17-9-6-15-7-16-14(9)18-13/h4-7H,1-3H3,(H,15,16,17,18). The van der Waals surface area contributed by atoms with Crippen molar-refractivity contribution in [2.24, 2.45) is 0 Å². The summed E-state index contributed by atoms with van der Waals surface area (Å²) in [6.45, 7) is 0. The van der Waals surface area contributed by atoms with Gasteiger partial charge in [0.1, 0.15) is 17.7 Å². The molecule has 0 saturated carbocycles. The van der Waals surface area contributed by atoms with Gasteiger partial charge < -0.3 is 19.2 Å². The van der Waals surface area contributed by atoms with Crippen LogP contribution in [0.25, 0.3) is 22.6 Å². The topological polar surface area (TPSA) is 82.2 Å². The average Bonchev–Trinajstić information content (AvgIpc) is 2.96. The van der Waals surface area contributed by atoms with Gasteiger partial charge in [-0.25, -0.2) is 15.0 Å². The zero-order valence-corrected chi connectivity index (χ0v) is 11.9. The minimum atomic E-state index is 0.518. The number of hydrogen-bond donors (Lipinski definition) is 1. The Morgan fingerprint density at radius 3 is 2.48 bits per heavy atom. The van der Waals surface area contributed by atoms with Gasteiger partial charge in [0.15, 0.2) is 17.1 Å². The lowest BCUT2D eigenvalue weighted by atomic mass is 10.1. The summed E-state index contributed by atoms with van der Waals surface area (Å²) in [5.41, 5.74) is 2.11. The molecule has 0 atom stereocenters. The summed E-state index contributed by atoms with van der Waals surface area (Å²) in [6.07, 6.45) is 3.13. The van der Waals surface area contributed by atoms with E-state index in [0.29, 0.717) is 28.7 Å². The summed E-state index contributed by atoms with van der Waals surface area (Å²) in [6, 6.07) is 3.65. The molecule has 108 valence electrons. The maximum atomic E-state index is 5.46. The molecule has 0 amide bonds. The van der Waals surface area contributed by atoms with E-state index in [1.54, 1.807) is 33.6 Å². The molecule has 3 rings (SSSR count). The molecule has 0 saturated heterocycles. The van der Waals surface area contributed by atoms with Crippen LogP contribution in [0.5, 0.6) is 17.2 Å². The third kappa shape index (κ3) is 2.12. The molecule has 0 aliphatic rings. The predicted molar refractivity (Wildman–Crippen MR) is 76.8 cm³/mol. The number of H-pyrrole nitrogens is 1. The molecule has 0 unspecified atom stereocenters. The first-order valence-corrected chi connectivity index (χ1v) is 6.23. The van der Waals surface area contributed by atoms with Gasteiger partial charge in [-0.1, -0.05) is 0 Å². The van der Waals surface area contributed by atoms with Gasteiger partial charge in [-0.2, -0.15) is 0 Å². The Morgan fingerprint density at radius 1 is 1.00 bits per heavy atom. The first-order chi connectivity index (χ1) is 10.3. The van der Waals surface area contributed by atoms with Crippen molar-refractivity contribution in [3.63, 3.8) is 0 Å². The number of fused-ring (bicyclic) bond motifs is 1. The van der Waals surface area contributed by atoms with Gasteiger partial charge in [-0.05, 0) is 12.1 Å². The van der Waals surface area contributed by atoms with Crippen molar-refractivity contribution in [1.29, 1.82) is 0 Å². The number of aromatic amines is 1. The van der Waals surface area contributed by atoms with E-state index in [-0.39, 0.29) is 0 Å². The summed E-state index contributed by atoms with van der Waals surface area (Å²) in [7, 11) is 4.71. The number of methoxy groups -OCH3 is 3. The van der Waals surface area contributed by atoms with Crippen LogP contribution in [0.4, 0.5) is 0 Å². The van der Waals surface area contributed by atoms with E-state index < -0.39 is 0 Å². The number of aromatic nitrogens is 4. The fourth-order valence-corrected chi connectivity index (χ4v) is 2.18. The van der Waals surface area contributed by atoms with Crippen LogP contribution in [0.3, 0.4) is 0 Å². The van der Waals surface area contributed by atoms with Crippen molar-refractivity contribution in [3.05, 3.63) is 24.7 Å². The summed E-state index contributed by atoms with van der Waals surface area (Å²) in [4.78, 5) is 15.7. The Balaban J connectivity index is 2.21. The predicted octanol–water partition coefficient (Wildman–Crippen LogP) is 2.05. The van der Waals surface area contributed by atoms with Gasteiger partial charge in [-0.15, -0.1) is 0 Å². The maximum absolute atomic E-state index is 5.46. The smallest absolute Gasteiger partial charge is 0.204 e. The number of ether oxygens (including phenoxy) is 3. The molecule has 2 heterocycles. The van der Waals surface area contributed by atoms with Crippen molar-refractivity contribution in [3.8, 4) is 28.6 Å². The molecule has 1 aromatic carbocycles. The van der Waals surface area contributed by atoms with E-state index in [1.165, 1.54) is 6.33 Å². The molecule has 0 bridgehead atoms.